The van der Waals surface area contributed by atoms with E-state index in [1.807, 2.05) is 56.0 Å². The number of hydrogen-bond acceptors (Lipinski definition) is 2. The molecule has 1 aromatic carbocycles. The molecule has 1 amide bonds. The van der Waals surface area contributed by atoms with Crippen LogP contribution >= 0.6 is 0 Å². The van der Waals surface area contributed by atoms with Crippen molar-refractivity contribution >= 4 is 5.91 Å². The number of carbonyl (C=O) groups excluding carboxylic acids is 1. The lowest BCUT2D eigenvalue weighted by atomic mass is 9.65. The Balaban J connectivity index is 2.53. The van der Waals surface area contributed by atoms with Gasteiger partial charge in [0.25, 0.3) is 0 Å². The van der Waals surface area contributed by atoms with Crippen LogP contribution in [-0.2, 0) is 4.79 Å². The summed E-state index contributed by atoms with van der Waals surface area (Å²) >= 11 is 0. The zero-order valence-corrected chi connectivity index (χ0v) is 12.3. The Morgan fingerprint density at radius 1 is 1.40 bits per heavy atom. The fraction of sp³-hybridized carbons (Fsp3) is 0.412. The highest BCUT2D eigenvalue weighted by Gasteiger charge is 2.63. The molecule has 0 N–H and O–H groups in total. The predicted octanol–water partition coefficient (Wildman–Crippen LogP) is 3.45. The van der Waals surface area contributed by atoms with Crippen LogP contribution < -0.4 is 0 Å². The molecule has 104 valence electrons. The minimum atomic E-state index is -1.00. The third kappa shape index (κ3) is 1.92. The van der Waals surface area contributed by atoms with Crippen molar-refractivity contribution in [2.24, 2.45) is 5.41 Å². The van der Waals surface area contributed by atoms with Crippen molar-refractivity contribution in [1.29, 1.82) is 5.26 Å². The van der Waals surface area contributed by atoms with Gasteiger partial charge in [-0.25, -0.2) is 0 Å². The highest BCUT2D eigenvalue weighted by atomic mass is 16.2. The summed E-state index contributed by atoms with van der Waals surface area (Å²) in [7, 11) is 0. The lowest BCUT2D eigenvalue weighted by molar-refractivity contribution is -0.176. The van der Waals surface area contributed by atoms with Gasteiger partial charge in [-0.15, -0.1) is 6.58 Å². The van der Waals surface area contributed by atoms with Crippen LogP contribution in [0.2, 0.25) is 0 Å². The maximum absolute atomic E-state index is 12.6. The molecule has 1 aromatic rings. The summed E-state index contributed by atoms with van der Waals surface area (Å²) in [6.45, 7) is 9.69. The molecule has 0 spiro atoms. The first-order valence-corrected chi connectivity index (χ1v) is 6.79. The molecule has 3 heteroatoms. The Kier molecular flexibility index (Phi) is 3.43. The van der Waals surface area contributed by atoms with E-state index >= 15 is 0 Å². The van der Waals surface area contributed by atoms with Crippen LogP contribution in [0.25, 0.3) is 0 Å². The Labute approximate surface area is 120 Å². The van der Waals surface area contributed by atoms with E-state index in [0.717, 1.165) is 5.56 Å². The number of likely N-dealkylation sites (tertiary alicyclic amines) is 1. The van der Waals surface area contributed by atoms with Gasteiger partial charge in [0.2, 0.25) is 5.91 Å². The summed E-state index contributed by atoms with van der Waals surface area (Å²) in [5.41, 5.74) is -0.305. The maximum atomic E-state index is 12.6. The molecule has 3 nitrogen and oxygen atoms in total. The van der Waals surface area contributed by atoms with Gasteiger partial charge in [-0.1, -0.05) is 36.4 Å². The molecule has 0 aliphatic carbocycles. The van der Waals surface area contributed by atoms with Gasteiger partial charge in [0, 0.05) is 5.54 Å². The molecule has 1 fully saturated rings. The second-order valence-corrected chi connectivity index (χ2v) is 6.24. The molecule has 2 rings (SSSR count). The molecule has 0 saturated carbocycles. The predicted molar refractivity (Wildman–Crippen MR) is 78.6 cm³/mol. The van der Waals surface area contributed by atoms with Crippen LogP contribution in [0.5, 0.6) is 0 Å². The Hall–Kier alpha value is -2.08. The van der Waals surface area contributed by atoms with Gasteiger partial charge in [0.15, 0.2) is 5.41 Å². The van der Waals surface area contributed by atoms with Gasteiger partial charge < -0.3 is 4.90 Å². The van der Waals surface area contributed by atoms with E-state index in [-0.39, 0.29) is 17.5 Å². The van der Waals surface area contributed by atoms with E-state index < -0.39 is 5.41 Å². The first-order valence-electron chi connectivity index (χ1n) is 6.79. The highest BCUT2D eigenvalue weighted by Crippen LogP contribution is 2.54. The second-order valence-electron chi connectivity index (χ2n) is 6.24. The normalized spacial score (nSPS) is 25.8. The molecule has 1 saturated heterocycles. The van der Waals surface area contributed by atoms with E-state index in [4.69, 9.17) is 0 Å². The van der Waals surface area contributed by atoms with Crippen LogP contribution in [-0.4, -0.2) is 16.3 Å². The average molecular weight is 268 g/mol. The highest BCUT2D eigenvalue weighted by molar-refractivity contribution is 5.94. The quantitative estimate of drug-likeness (QED) is 0.622. The smallest absolute Gasteiger partial charge is 0.246 e. The number of benzene rings is 1. The topological polar surface area (TPSA) is 44.1 Å². The fourth-order valence-electron chi connectivity index (χ4n) is 2.95. The fourth-order valence-corrected chi connectivity index (χ4v) is 2.95. The third-order valence-electron chi connectivity index (χ3n) is 3.83. The number of rotatable bonds is 3. The van der Waals surface area contributed by atoms with Crippen LogP contribution in [0.4, 0.5) is 0 Å². The summed E-state index contributed by atoms with van der Waals surface area (Å²) < 4.78 is 0. The number of carbonyl (C=O) groups is 1. The monoisotopic (exact) mass is 268 g/mol. The maximum Gasteiger partial charge on any atom is 0.246 e. The third-order valence-corrected chi connectivity index (χ3v) is 3.83. The van der Waals surface area contributed by atoms with Gasteiger partial charge >= 0.3 is 0 Å². The van der Waals surface area contributed by atoms with Crippen molar-refractivity contribution in [1.82, 2.24) is 4.90 Å². The van der Waals surface area contributed by atoms with E-state index in [1.54, 1.807) is 6.08 Å². The van der Waals surface area contributed by atoms with Gasteiger partial charge in [0.05, 0.1) is 12.1 Å². The van der Waals surface area contributed by atoms with Gasteiger partial charge in [-0.3, -0.25) is 4.79 Å². The molecule has 1 aliphatic heterocycles. The second kappa shape index (κ2) is 4.79. The van der Waals surface area contributed by atoms with E-state index in [1.165, 1.54) is 0 Å². The summed E-state index contributed by atoms with van der Waals surface area (Å²) in [6, 6.07) is 11.8. The number of nitriles is 1. The number of amides is 1. The summed E-state index contributed by atoms with van der Waals surface area (Å²) in [6.07, 6.45) is 2.05. The molecule has 0 unspecified atom stereocenters. The lowest BCUT2D eigenvalue weighted by Gasteiger charge is -2.58. The SMILES string of the molecule is C=CC[C@]1(C#N)C(=O)N(C(C)(C)C)[C@@H]1c1ccccc1. The van der Waals surface area contributed by atoms with Crippen molar-refractivity contribution in [3.63, 3.8) is 0 Å². The van der Waals surface area contributed by atoms with Crippen LogP contribution in [0, 0.1) is 16.7 Å². The van der Waals surface area contributed by atoms with Crippen molar-refractivity contribution in [2.75, 3.05) is 0 Å². The molecular weight excluding hydrogens is 248 g/mol. The minimum absolute atomic E-state index is 0.0961. The van der Waals surface area contributed by atoms with Gasteiger partial charge in [-0.05, 0) is 32.8 Å². The summed E-state index contributed by atoms with van der Waals surface area (Å²) in [5.74, 6) is -0.0961. The molecule has 2 atom stereocenters. The molecule has 1 aliphatic rings. The number of allylic oxidation sites excluding steroid dienone is 1. The summed E-state index contributed by atoms with van der Waals surface area (Å²) in [5, 5.41) is 9.61. The largest absolute Gasteiger partial charge is 0.327 e. The number of hydrogen-bond donors (Lipinski definition) is 0. The molecule has 0 aromatic heterocycles. The summed E-state index contributed by atoms with van der Waals surface area (Å²) in [4.78, 5) is 14.4. The number of β-lactam (4-membered cyclic amide) rings is 1. The van der Waals surface area contributed by atoms with Crippen molar-refractivity contribution < 1.29 is 4.79 Å². The van der Waals surface area contributed by atoms with Crippen molar-refractivity contribution in [3.8, 4) is 6.07 Å². The first-order chi connectivity index (χ1) is 9.38. The van der Waals surface area contributed by atoms with Crippen molar-refractivity contribution in [3.05, 3.63) is 48.6 Å². The molecular formula is C17H20N2O. The van der Waals surface area contributed by atoms with Crippen LogP contribution in [0.1, 0.15) is 38.8 Å². The van der Waals surface area contributed by atoms with Gasteiger partial charge in [0.1, 0.15) is 0 Å². The lowest BCUT2D eigenvalue weighted by Crippen LogP contribution is -2.68. The first kappa shape index (κ1) is 14.3. The van der Waals surface area contributed by atoms with E-state index in [0.29, 0.717) is 6.42 Å². The van der Waals surface area contributed by atoms with E-state index in [2.05, 4.69) is 12.6 Å². The van der Waals surface area contributed by atoms with E-state index in [9.17, 15) is 10.1 Å². The minimum Gasteiger partial charge on any atom is -0.327 e. The van der Waals surface area contributed by atoms with Crippen LogP contribution in [0.15, 0.2) is 43.0 Å². The number of nitrogens with zero attached hydrogens (tertiary/aromatic N) is 2. The average Bonchev–Trinajstić information content (AvgIpc) is 2.41. The Bertz CT molecular complexity index is 565. The molecule has 0 bridgehead atoms. The molecule has 0 radical (unpaired) electrons. The Morgan fingerprint density at radius 3 is 2.45 bits per heavy atom. The molecule has 20 heavy (non-hydrogen) atoms. The zero-order chi connectivity index (χ0) is 15.0. The standard InChI is InChI=1S/C17H20N2O/c1-5-11-17(12-18)14(13-9-7-6-8-10-13)19(15(17)20)16(2,3)4/h5-10,14H,1,11H2,2-4H3/t14-,17-/m1/s1. The van der Waals surface area contributed by atoms with Gasteiger partial charge in [-0.2, -0.15) is 5.26 Å². The zero-order valence-electron chi connectivity index (χ0n) is 12.3. The van der Waals surface area contributed by atoms with Crippen molar-refractivity contribution in [2.45, 2.75) is 38.8 Å². The Morgan fingerprint density at radius 2 is 2.00 bits per heavy atom. The molecule has 1 heterocycles. The van der Waals surface area contributed by atoms with Crippen LogP contribution in [0.3, 0.4) is 0 Å².